The van der Waals surface area contributed by atoms with E-state index in [0.29, 0.717) is 16.7 Å². The average Bonchev–Trinajstić information content (AvgIpc) is 3.37. The van der Waals surface area contributed by atoms with E-state index in [9.17, 15) is 9.59 Å². The Bertz CT molecular complexity index is 2920. The highest BCUT2D eigenvalue weighted by atomic mass is 16.5. The van der Waals surface area contributed by atoms with Gasteiger partial charge in [-0.15, -0.1) is 0 Å². The molecule has 2 heterocycles. The highest BCUT2D eigenvalue weighted by Crippen LogP contribution is 2.32. The Balaban J connectivity index is 0.744. The number of ether oxygens (including phenoxy) is 1. The van der Waals surface area contributed by atoms with E-state index in [1.54, 1.807) is 6.07 Å². The fraction of sp³-hybridized carbons (Fsp3) is 0.172. The Morgan fingerprint density at radius 1 is 0.462 bits per heavy atom. The van der Waals surface area contributed by atoms with Gasteiger partial charge in [-0.25, -0.2) is 0 Å². The van der Waals surface area contributed by atoms with E-state index < -0.39 is 0 Å². The van der Waals surface area contributed by atoms with E-state index >= 15 is 0 Å². The monoisotopic (exact) mass is 852 g/mol. The van der Waals surface area contributed by atoms with E-state index in [4.69, 9.17) is 4.74 Å². The SMILES string of the molecule is O=Cc1ccc(N2CCN(Cc3ccccc3-c3ccc(Oc4ccccc4)cc3)CC2)cc1C(=O)c1ccc(N2CCN(Cc3ccccc3-c3ccc4ccccc4c3)CC2)cc1. The molecule has 7 heteroatoms. The van der Waals surface area contributed by atoms with E-state index in [1.165, 1.54) is 38.6 Å². The molecule has 65 heavy (non-hydrogen) atoms. The number of rotatable bonds is 13. The van der Waals surface area contributed by atoms with E-state index in [0.717, 1.165) is 100 Å². The Morgan fingerprint density at radius 3 is 1.63 bits per heavy atom. The molecule has 2 saturated heterocycles. The molecule has 0 spiro atoms. The molecule has 0 aromatic heterocycles. The normalized spacial score (nSPS) is 14.6. The first-order valence-electron chi connectivity index (χ1n) is 22.7. The predicted molar refractivity (Wildman–Crippen MR) is 264 cm³/mol. The zero-order valence-electron chi connectivity index (χ0n) is 36.6. The number of para-hydroxylation sites is 1. The number of aldehydes is 1. The Hall–Kier alpha value is -7.32. The van der Waals surface area contributed by atoms with Crippen molar-refractivity contribution >= 4 is 34.2 Å². The smallest absolute Gasteiger partial charge is 0.193 e. The van der Waals surface area contributed by atoms with Gasteiger partial charge in [0.25, 0.3) is 0 Å². The van der Waals surface area contributed by atoms with Crippen LogP contribution in [-0.2, 0) is 13.1 Å². The van der Waals surface area contributed by atoms with Crippen LogP contribution in [0.15, 0.2) is 188 Å². The zero-order chi connectivity index (χ0) is 44.0. The van der Waals surface area contributed by atoms with Crippen molar-refractivity contribution in [3.05, 3.63) is 216 Å². The van der Waals surface area contributed by atoms with Crippen LogP contribution >= 0.6 is 0 Å². The molecule has 0 unspecified atom stereocenters. The minimum absolute atomic E-state index is 0.134. The average molecular weight is 853 g/mol. The first-order chi connectivity index (χ1) is 32.0. The third-order valence-corrected chi connectivity index (χ3v) is 13.0. The predicted octanol–water partition coefficient (Wildman–Crippen LogP) is 11.7. The lowest BCUT2D eigenvalue weighted by atomic mass is 9.96. The number of carbonyl (C=O) groups excluding carboxylic acids is 2. The number of nitrogens with zero attached hydrogens (tertiary/aromatic N) is 4. The first-order valence-corrected chi connectivity index (χ1v) is 22.7. The van der Waals surface area contributed by atoms with Gasteiger partial charge in [0.15, 0.2) is 12.1 Å². The topological polar surface area (TPSA) is 56.3 Å². The van der Waals surface area contributed by atoms with Gasteiger partial charge in [-0.1, -0.05) is 115 Å². The van der Waals surface area contributed by atoms with E-state index in [-0.39, 0.29) is 5.78 Å². The van der Waals surface area contributed by atoms with Crippen LogP contribution in [0.5, 0.6) is 11.5 Å². The quantitative estimate of drug-likeness (QED) is 0.0846. The molecule has 0 amide bonds. The van der Waals surface area contributed by atoms with Crippen molar-refractivity contribution in [2.75, 3.05) is 62.2 Å². The third kappa shape index (κ3) is 9.48. The van der Waals surface area contributed by atoms with Crippen molar-refractivity contribution in [3.8, 4) is 33.8 Å². The maximum Gasteiger partial charge on any atom is 0.193 e. The summed E-state index contributed by atoms with van der Waals surface area (Å²) in [6, 6.07) is 64.4. The van der Waals surface area contributed by atoms with Crippen molar-refractivity contribution in [1.82, 2.24) is 9.80 Å². The molecule has 10 rings (SSSR count). The minimum atomic E-state index is -0.134. The highest BCUT2D eigenvalue weighted by molar-refractivity contribution is 6.13. The molecule has 0 radical (unpaired) electrons. The summed E-state index contributed by atoms with van der Waals surface area (Å²) in [6.45, 7) is 8.85. The maximum atomic E-state index is 14.1. The summed E-state index contributed by atoms with van der Waals surface area (Å²) >= 11 is 0. The van der Waals surface area contributed by atoms with Crippen LogP contribution in [0.4, 0.5) is 11.4 Å². The largest absolute Gasteiger partial charge is 0.457 e. The molecule has 0 bridgehead atoms. The summed E-state index contributed by atoms with van der Waals surface area (Å²) in [7, 11) is 0. The maximum absolute atomic E-state index is 14.1. The molecule has 0 N–H and O–H groups in total. The Labute approximate surface area is 381 Å². The second-order valence-electron chi connectivity index (χ2n) is 17.1. The molecule has 2 fully saturated rings. The summed E-state index contributed by atoms with van der Waals surface area (Å²) in [5.41, 5.74) is 11.0. The Kier molecular flexibility index (Phi) is 12.3. The van der Waals surface area contributed by atoms with Gasteiger partial charge in [0, 0.05) is 93.5 Å². The molecule has 0 atom stereocenters. The van der Waals surface area contributed by atoms with Crippen LogP contribution < -0.4 is 14.5 Å². The Morgan fingerprint density at radius 2 is 0.985 bits per heavy atom. The summed E-state index contributed by atoms with van der Waals surface area (Å²) < 4.78 is 6.03. The molecule has 0 aliphatic carbocycles. The van der Waals surface area contributed by atoms with Gasteiger partial charge in [0.1, 0.15) is 11.5 Å². The van der Waals surface area contributed by atoms with Gasteiger partial charge in [-0.2, -0.15) is 0 Å². The lowest BCUT2D eigenvalue weighted by Gasteiger charge is -2.36. The number of fused-ring (bicyclic) bond motifs is 1. The standard InChI is InChI=1S/C58H52N4O3/c63-42-50-22-27-52(62-36-32-60(33-37-62)40-48-12-6-8-16-55(48)44-23-28-54(29-24-44)65-53-14-2-1-3-15-53)39-57(50)58(64)45-20-25-51(26-21-45)61-34-30-59(31-35-61)41-49-13-7-9-17-56(49)47-19-18-43-10-4-5-11-46(43)38-47/h1-29,38-39,42H,30-37,40-41H2. The molecule has 322 valence electrons. The molecule has 7 nitrogen and oxygen atoms in total. The molecule has 0 saturated carbocycles. The fourth-order valence-electron chi connectivity index (χ4n) is 9.39. The fourth-order valence-corrected chi connectivity index (χ4v) is 9.39. The number of hydrogen-bond donors (Lipinski definition) is 0. The number of hydrogen-bond acceptors (Lipinski definition) is 7. The second-order valence-corrected chi connectivity index (χ2v) is 17.1. The number of benzene rings is 8. The molecule has 8 aromatic carbocycles. The molecule has 8 aromatic rings. The van der Waals surface area contributed by atoms with Crippen molar-refractivity contribution in [2.24, 2.45) is 0 Å². The van der Waals surface area contributed by atoms with Gasteiger partial charge in [-0.05, 0) is 117 Å². The van der Waals surface area contributed by atoms with Crippen LogP contribution in [0, 0.1) is 0 Å². The number of anilines is 2. The van der Waals surface area contributed by atoms with Crippen molar-refractivity contribution < 1.29 is 14.3 Å². The lowest BCUT2D eigenvalue weighted by Crippen LogP contribution is -2.46. The second kappa shape index (κ2) is 19.2. The number of ketones is 1. The van der Waals surface area contributed by atoms with Gasteiger partial charge in [0.2, 0.25) is 0 Å². The van der Waals surface area contributed by atoms with Gasteiger partial charge >= 0.3 is 0 Å². The van der Waals surface area contributed by atoms with Crippen molar-refractivity contribution in [1.29, 1.82) is 0 Å². The minimum Gasteiger partial charge on any atom is -0.457 e. The summed E-state index contributed by atoms with van der Waals surface area (Å²) in [6.07, 6.45) is 0.796. The molecule has 2 aliphatic heterocycles. The van der Waals surface area contributed by atoms with Crippen molar-refractivity contribution in [2.45, 2.75) is 13.1 Å². The van der Waals surface area contributed by atoms with Crippen LogP contribution in [0.3, 0.4) is 0 Å². The summed E-state index contributed by atoms with van der Waals surface area (Å²) in [5, 5.41) is 2.51. The van der Waals surface area contributed by atoms with Gasteiger partial charge in [0.05, 0.1) is 0 Å². The summed E-state index contributed by atoms with van der Waals surface area (Å²) in [5.74, 6) is 1.50. The van der Waals surface area contributed by atoms with Crippen LogP contribution in [-0.4, -0.2) is 74.2 Å². The highest BCUT2D eigenvalue weighted by Gasteiger charge is 2.23. The third-order valence-electron chi connectivity index (χ3n) is 13.0. The van der Waals surface area contributed by atoms with E-state index in [1.807, 2.05) is 66.7 Å². The zero-order valence-corrected chi connectivity index (χ0v) is 36.6. The van der Waals surface area contributed by atoms with Crippen LogP contribution in [0.2, 0.25) is 0 Å². The van der Waals surface area contributed by atoms with Crippen molar-refractivity contribution in [3.63, 3.8) is 0 Å². The van der Waals surface area contributed by atoms with Crippen LogP contribution in [0.25, 0.3) is 33.0 Å². The number of piperazine rings is 2. The van der Waals surface area contributed by atoms with Gasteiger partial charge < -0.3 is 14.5 Å². The first kappa shape index (κ1) is 41.7. The summed E-state index contributed by atoms with van der Waals surface area (Å²) in [4.78, 5) is 36.0. The number of carbonyl (C=O) groups is 2. The molecule has 2 aliphatic rings. The molecular formula is C58H52N4O3. The van der Waals surface area contributed by atoms with E-state index in [2.05, 4.69) is 135 Å². The molecular weight excluding hydrogens is 801 g/mol. The van der Waals surface area contributed by atoms with Gasteiger partial charge in [-0.3, -0.25) is 19.4 Å². The lowest BCUT2D eigenvalue weighted by molar-refractivity contribution is 0.102. The van der Waals surface area contributed by atoms with Crippen LogP contribution in [0.1, 0.15) is 37.4 Å².